The molecule has 1 aromatic heterocycles. The van der Waals surface area contributed by atoms with Gasteiger partial charge >= 0.3 is 0 Å². The number of rotatable bonds is 3. The summed E-state index contributed by atoms with van der Waals surface area (Å²) in [6.07, 6.45) is 1.45. The van der Waals surface area contributed by atoms with Gasteiger partial charge in [0.05, 0.1) is 6.20 Å². The molecule has 1 aromatic rings. The molecular weight excluding hydrogens is 182 g/mol. The van der Waals surface area contributed by atoms with Gasteiger partial charge in [-0.2, -0.15) is 0 Å². The molecule has 2 rings (SSSR count). The Balaban J connectivity index is 1.86. The molecule has 0 unspecified atom stereocenters. The van der Waals surface area contributed by atoms with Crippen molar-refractivity contribution in [3.8, 4) is 0 Å². The van der Waals surface area contributed by atoms with Crippen LogP contribution in [0.15, 0.2) is 10.7 Å². The fourth-order valence-electron chi connectivity index (χ4n) is 1.34. The zero-order chi connectivity index (χ0) is 9.97. The maximum Gasteiger partial charge on any atom is 0.256 e. The van der Waals surface area contributed by atoms with Crippen LogP contribution in [-0.4, -0.2) is 30.7 Å². The SMILES string of the molecule is Cc1oncc1C(=O)NCC1CNC1. The lowest BCUT2D eigenvalue weighted by molar-refractivity contribution is 0.0940. The molecule has 1 aliphatic rings. The van der Waals surface area contributed by atoms with Crippen LogP contribution < -0.4 is 10.6 Å². The van der Waals surface area contributed by atoms with Crippen molar-refractivity contribution in [1.29, 1.82) is 0 Å². The number of carbonyl (C=O) groups excluding carboxylic acids is 1. The highest BCUT2D eigenvalue weighted by atomic mass is 16.5. The molecule has 2 heterocycles. The lowest BCUT2D eigenvalue weighted by Crippen LogP contribution is -2.48. The molecule has 2 N–H and O–H groups in total. The summed E-state index contributed by atoms with van der Waals surface area (Å²) in [5, 5.41) is 9.55. The summed E-state index contributed by atoms with van der Waals surface area (Å²) < 4.78 is 4.81. The number of nitrogens with one attached hydrogen (secondary N) is 2. The van der Waals surface area contributed by atoms with Gasteiger partial charge in [0.25, 0.3) is 5.91 Å². The first kappa shape index (κ1) is 9.21. The van der Waals surface area contributed by atoms with Gasteiger partial charge < -0.3 is 15.2 Å². The lowest BCUT2D eigenvalue weighted by atomic mass is 10.0. The molecule has 0 spiro atoms. The molecule has 0 aromatic carbocycles. The Morgan fingerprint density at radius 2 is 2.57 bits per heavy atom. The van der Waals surface area contributed by atoms with Gasteiger partial charge in [-0.1, -0.05) is 5.16 Å². The van der Waals surface area contributed by atoms with E-state index in [0.29, 0.717) is 17.2 Å². The average molecular weight is 195 g/mol. The highest BCUT2D eigenvalue weighted by Gasteiger charge is 2.19. The van der Waals surface area contributed by atoms with Crippen LogP contribution in [0.25, 0.3) is 0 Å². The standard InChI is InChI=1S/C9H13N3O2/c1-6-8(5-12-14-6)9(13)11-4-7-2-10-3-7/h5,7,10H,2-4H2,1H3,(H,11,13). The molecule has 5 nitrogen and oxygen atoms in total. The lowest BCUT2D eigenvalue weighted by Gasteiger charge is -2.26. The summed E-state index contributed by atoms with van der Waals surface area (Å²) in [7, 11) is 0. The summed E-state index contributed by atoms with van der Waals surface area (Å²) in [6, 6.07) is 0. The molecule has 14 heavy (non-hydrogen) atoms. The van der Waals surface area contributed by atoms with Crippen molar-refractivity contribution in [3.05, 3.63) is 17.5 Å². The maximum absolute atomic E-state index is 11.5. The third kappa shape index (κ3) is 1.77. The summed E-state index contributed by atoms with van der Waals surface area (Å²) in [5.74, 6) is 1.03. The highest BCUT2D eigenvalue weighted by molar-refractivity contribution is 5.94. The van der Waals surface area contributed by atoms with Crippen molar-refractivity contribution in [3.63, 3.8) is 0 Å². The van der Waals surface area contributed by atoms with E-state index in [2.05, 4.69) is 15.8 Å². The maximum atomic E-state index is 11.5. The van der Waals surface area contributed by atoms with Gasteiger partial charge in [-0.15, -0.1) is 0 Å². The quantitative estimate of drug-likeness (QED) is 0.708. The smallest absolute Gasteiger partial charge is 0.256 e. The Morgan fingerprint density at radius 1 is 1.79 bits per heavy atom. The van der Waals surface area contributed by atoms with Crippen LogP contribution in [0.3, 0.4) is 0 Å². The predicted octanol–water partition coefficient (Wildman–Crippen LogP) is -0.0678. The van der Waals surface area contributed by atoms with Crippen molar-refractivity contribution in [2.24, 2.45) is 5.92 Å². The van der Waals surface area contributed by atoms with E-state index in [1.165, 1.54) is 6.20 Å². The molecule has 1 fully saturated rings. The van der Waals surface area contributed by atoms with E-state index < -0.39 is 0 Å². The minimum Gasteiger partial charge on any atom is -0.361 e. The number of nitrogens with zero attached hydrogens (tertiary/aromatic N) is 1. The van der Waals surface area contributed by atoms with Crippen LogP contribution in [0.2, 0.25) is 0 Å². The normalized spacial score (nSPS) is 16.4. The summed E-state index contributed by atoms with van der Waals surface area (Å²) in [5.41, 5.74) is 0.525. The Bertz CT molecular complexity index is 331. The van der Waals surface area contributed by atoms with Crippen LogP contribution >= 0.6 is 0 Å². The third-order valence-corrected chi connectivity index (χ3v) is 2.41. The number of aryl methyl sites for hydroxylation is 1. The van der Waals surface area contributed by atoms with E-state index in [0.717, 1.165) is 19.6 Å². The summed E-state index contributed by atoms with van der Waals surface area (Å²) in [6.45, 7) is 4.43. The van der Waals surface area contributed by atoms with Crippen LogP contribution in [0.5, 0.6) is 0 Å². The fourth-order valence-corrected chi connectivity index (χ4v) is 1.34. The van der Waals surface area contributed by atoms with Crippen LogP contribution in [0.4, 0.5) is 0 Å². The van der Waals surface area contributed by atoms with E-state index in [9.17, 15) is 4.79 Å². The van der Waals surface area contributed by atoms with E-state index in [4.69, 9.17) is 4.52 Å². The van der Waals surface area contributed by atoms with Crippen LogP contribution in [-0.2, 0) is 0 Å². The second-order valence-corrected chi connectivity index (χ2v) is 3.53. The van der Waals surface area contributed by atoms with Crippen molar-refractivity contribution in [1.82, 2.24) is 15.8 Å². The van der Waals surface area contributed by atoms with Crippen LogP contribution in [0, 0.1) is 12.8 Å². The Labute approximate surface area is 81.8 Å². The van der Waals surface area contributed by atoms with Gasteiger partial charge in [0, 0.05) is 25.6 Å². The van der Waals surface area contributed by atoms with Gasteiger partial charge in [0.2, 0.25) is 0 Å². The monoisotopic (exact) mass is 195 g/mol. The summed E-state index contributed by atoms with van der Waals surface area (Å²) in [4.78, 5) is 11.5. The third-order valence-electron chi connectivity index (χ3n) is 2.41. The minimum atomic E-state index is -0.101. The largest absolute Gasteiger partial charge is 0.361 e. The van der Waals surface area contributed by atoms with Crippen molar-refractivity contribution < 1.29 is 9.32 Å². The zero-order valence-electron chi connectivity index (χ0n) is 8.04. The van der Waals surface area contributed by atoms with Gasteiger partial charge in [0.15, 0.2) is 0 Å². The highest BCUT2D eigenvalue weighted by Crippen LogP contribution is 2.06. The van der Waals surface area contributed by atoms with E-state index in [1.807, 2.05) is 0 Å². The molecule has 0 atom stereocenters. The molecule has 0 aliphatic carbocycles. The fraction of sp³-hybridized carbons (Fsp3) is 0.556. The van der Waals surface area contributed by atoms with E-state index in [1.54, 1.807) is 6.92 Å². The van der Waals surface area contributed by atoms with Crippen LogP contribution in [0.1, 0.15) is 16.1 Å². The Kier molecular flexibility index (Phi) is 2.49. The molecular formula is C9H13N3O2. The Hall–Kier alpha value is -1.36. The van der Waals surface area contributed by atoms with Gasteiger partial charge in [-0.3, -0.25) is 4.79 Å². The Morgan fingerprint density at radius 3 is 3.07 bits per heavy atom. The minimum absolute atomic E-state index is 0.101. The number of carbonyl (C=O) groups is 1. The topological polar surface area (TPSA) is 67.2 Å². The first-order valence-corrected chi connectivity index (χ1v) is 4.67. The molecule has 1 saturated heterocycles. The summed E-state index contributed by atoms with van der Waals surface area (Å²) >= 11 is 0. The second kappa shape index (κ2) is 3.79. The first-order chi connectivity index (χ1) is 6.77. The van der Waals surface area contributed by atoms with Crippen molar-refractivity contribution >= 4 is 5.91 Å². The van der Waals surface area contributed by atoms with Gasteiger partial charge in [0.1, 0.15) is 11.3 Å². The second-order valence-electron chi connectivity index (χ2n) is 3.53. The molecule has 5 heteroatoms. The molecule has 1 amide bonds. The van der Waals surface area contributed by atoms with Gasteiger partial charge in [-0.25, -0.2) is 0 Å². The number of hydrogen-bond donors (Lipinski definition) is 2. The van der Waals surface area contributed by atoms with Gasteiger partial charge in [-0.05, 0) is 6.92 Å². The first-order valence-electron chi connectivity index (χ1n) is 4.67. The molecule has 76 valence electrons. The molecule has 0 radical (unpaired) electrons. The predicted molar refractivity (Wildman–Crippen MR) is 49.9 cm³/mol. The zero-order valence-corrected chi connectivity index (χ0v) is 8.04. The molecule has 1 aliphatic heterocycles. The number of amides is 1. The number of hydrogen-bond acceptors (Lipinski definition) is 4. The molecule has 0 bridgehead atoms. The number of aromatic nitrogens is 1. The average Bonchev–Trinajstić information content (AvgIpc) is 2.48. The molecule has 0 saturated carbocycles. The van der Waals surface area contributed by atoms with Crippen molar-refractivity contribution in [2.45, 2.75) is 6.92 Å². The van der Waals surface area contributed by atoms with Crippen molar-refractivity contribution in [2.75, 3.05) is 19.6 Å². The van der Waals surface area contributed by atoms with E-state index >= 15 is 0 Å². The van der Waals surface area contributed by atoms with E-state index in [-0.39, 0.29) is 5.91 Å².